The lowest BCUT2D eigenvalue weighted by atomic mass is 9.51. The van der Waals surface area contributed by atoms with Crippen molar-refractivity contribution in [1.82, 2.24) is 4.90 Å². The Labute approximate surface area is 213 Å². The number of aromatic hydroxyl groups is 1. The second-order valence-electron chi connectivity index (χ2n) is 11.0. The van der Waals surface area contributed by atoms with Gasteiger partial charge in [0.25, 0.3) is 0 Å². The van der Waals surface area contributed by atoms with Crippen LogP contribution >= 0.6 is 0 Å². The molecule has 5 rings (SSSR count). The molecule has 0 spiro atoms. The van der Waals surface area contributed by atoms with Gasteiger partial charge in [0, 0.05) is 29.0 Å². The van der Waals surface area contributed by atoms with Crippen molar-refractivity contribution in [3.8, 4) is 5.75 Å². The highest BCUT2D eigenvalue weighted by molar-refractivity contribution is 6.25. The van der Waals surface area contributed by atoms with E-state index in [1.54, 1.807) is 19.1 Å². The molecule has 4 aliphatic rings. The SMILES string of the molecule is C[C@H]1c2ccc(C=C3CCC3)c(O)c2C(O)=C2C(=O)[C@]3(O)C(=O)C(C(N)=O)C(O)[C@@H](N(C)C)[C@@H]3[C@@H](O)[C@@H]21. The topological polar surface area (TPSA) is 182 Å². The van der Waals surface area contributed by atoms with E-state index in [-0.39, 0.29) is 16.9 Å². The van der Waals surface area contributed by atoms with Crippen LogP contribution in [0.15, 0.2) is 23.3 Å². The number of rotatable bonds is 3. The van der Waals surface area contributed by atoms with Crippen molar-refractivity contribution >= 4 is 29.3 Å². The molecular weight excluding hydrogens is 480 g/mol. The van der Waals surface area contributed by atoms with E-state index in [4.69, 9.17) is 5.73 Å². The number of fused-ring (bicyclic) bond motifs is 3. The number of aliphatic hydroxyl groups excluding tert-OH is 3. The van der Waals surface area contributed by atoms with E-state index < -0.39 is 70.8 Å². The molecule has 10 nitrogen and oxygen atoms in total. The van der Waals surface area contributed by atoms with Crippen molar-refractivity contribution < 1.29 is 39.9 Å². The van der Waals surface area contributed by atoms with Gasteiger partial charge in [0.2, 0.25) is 11.7 Å². The zero-order valence-corrected chi connectivity index (χ0v) is 20.9. The summed E-state index contributed by atoms with van der Waals surface area (Å²) in [7, 11) is 3.05. The Hall–Kier alpha value is -3.05. The Balaban J connectivity index is 1.73. The number of phenolic OH excluding ortho intramolecular Hbond substituents is 1. The number of nitrogens with zero attached hydrogens (tertiary/aromatic N) is 1. The maximum Gasteiger partial charge on any atom is 0.230 e. The molecule has 0 heterocycles. The van der Waals surface area contributed by atoms with Crippen LogP contribution in [0.25, 0.3) is 11.8 Å². The average molecular weight is 513 g/mol. The van der Waals surface area contributed by atoms with Crippen molar-refractivity contribution in [2.45, 2.75) is 56.0 Å². The number of nitrogens with two attached hydrogens (primary N) is 1. The Morgan fingerprint density at radius 3 is 2.32 bits per heavy atom. The van der Waals surface area contributed by atoms with Crippen LogP contribution in [0.3, 0.4) is 0 Å². The summed E-state index contributed by atoms with van der Waals surface area (Å²) in [5, 5.41) is 56.7. The zero-order chi connectivity index (χ0) is 27.1. The molecule has 0 bridgehead atoms. The van der Waals surface area contributed by atoms with Crippen molar-refractivity contribution in [1.29, 1.82) is 0 Å². The quantitative estimate of drug-likeness (QED) is 0.309. The summed E-state index contributed by atoms with van der Waals surface area (Å²) >= 11 is 0. The second-order valence-corrected chi connectivity index (χ2v) is 11.0. The molecule has 3 fully saturated rings. The summed E-state index contributed by atoms with van der Waals surface area (Å²) in [5.74, 6) is -9.62. The predicted molar refractivity (Wildman–Crippen MR) is 132 cm³/mol. The molecular formula is C27H32N2O8. The second kappa shape index (κ2) is 8.49. The summed E-state index contributed by atoms with van der Waals surface area (Å²) < 4.78 is 0. The molecule has 3 saturated carbocycles. The van der Waals surface area contributed by atoms with Gasteiger partial charge in [0.05, 0.1) is 17.8 Å². The van der Waals surface area contributed by atoms with Crippen LogP contribution in [0, 0.1) is 17.8 Å². The first-order chi connectivity index (χ1) is 17.3. The van der Waals surface area contributed by atoms with Crippen LogP contribution in [-0.4, -0.2) is 85.9 Å². The third-order valence-corrected chi connectivity index (χ3v) is 8.88. The van der Waals surface area contributed by atoms with Gasteiger partial charge >= 0.3 is 0 Å². The highest BCUT2D eigenvalue weighted by atomic mass is 16.3. The molecule has 1 aromatic carbocycles. The van der Waals surface area contributed by atoms with Crippen LogP contribution in [0.2, 0.25) is 0 Å². The fraction of sp³-hybridized carbons (Fsp3) is 0.519. The lowest BCUT2D eigenvalue weighted by Gasteiger charge is -2.56. The molecule has 4 aliphatic carbocycles. The van der Waals surface area contributed by atoms with Gasteiger partial charge in [-0.2, -0.15) is 0 Å². The number of allylic oxidation sites excluding steroid dienone is 1. The van der Waals surface area contributed by atoms with Crippen LogP contribution < -0.4 is 5.73 Å². The Kier molecular flexibility index (Phi) is 5.87. The van der Waals surface area contributed by atoms with E-state index in [1.807, 2.05) is 6.08 Å². The van der Waals surface area contributed by atoms with Gasteiger partial charge in [-0.3, -0.25) is 14.4 Å². The first-order valence-corrected chi connectivity index (χ1v) is 12.5. The highest BCUT2D eigenvalue weighted by Crippen LogP contribution is 2.56. The average Bonchev–Trinajstić information content (AvgIpc) is 2.79. The molecule has 0 aliphatic heterocycles. The summed E-state index contributed by atoms with van der Waals surface area (Å²) in [6.07, 6.45) is 1.46. The standard InChI is InChI=1S/C27H32N2O8/c1-10-13-8-7-12(9-11-5-4-6-11)20(30)15(13)21(31)16-14(10)22(32)18-19(29(2)3)23(33)17(26(28)36)25(35)27(18,37)24(16)34/h7-10,14,17-19,22-23,30-33,37H,4-6H2,1-3H3,(H2,28,36)/t10-,14+,17?,18+,19-,22-,23?,27-/m0/s1. The maximum atomic E-state index is 14.0. The van der Waals surface area contributed by atoms with E-state index in [0.717, 1.165) is 24.8 Å². The number of amides is 1. The predicted octanol–water partition coefficient (Wildman–Crippen LogP) is 0.228. The number of ketones is 2. The van der Waals surface area contributed by atoms with Crippen molar-refractivity contribution in [2.24, 2.45) is 23.5 Å². The van der Waals surface area contributed by atoms with Crippen LogP contribution in [0.1, 0.15) is 48.8 Å². The molecule has 198 valence electrons. The third kappa shape index (κ3) is 3.29. The normalized spacial score (nSPS) is 37.1. The number of aliphatic hydroxyl groups is 4. The Morgan fingerprint density at radius 2 is 1.78 bits per heavy atom. The maximum absolute atomic E-state index is 14.0. The number of hydrogen-bond donors (Lipinski definition) is 6. The lowest BCUT2D eigenvalue weighted by molar-refractivity contribution is -0.199. The lowest BCUT2D eigenvalue weighted by Crippen LogP contribution is -2.76. The minimum absolute atomic E-state index is 0.00827. The molecule has 8 atom stereocenters. The van der Waals surface area contributed by atoms with E-state index in [0.29, 0.717) is 11.1 Å². The van der Waals surface area contributed by atoms with Gasteiger partial charge in [0.1, 0.15) is 17.4 Å². The number of phenols is 1. The first kappa shape index (κ1) is 25.6. The van der Waals surface area contributed by atoms with Crippen LogP contribution in [-0.2, 0) is 14.4 Å². The Morgan fingerprint density at radius 1 is 1.14 bits per heavy atom. The zero-order valence-electron chi connectivity index (χ0n) is 20.9. The van der Waals surface area contributed by atoms with Gasteiger partial charge in [-0.25, -0.2) is 0 Å². The molecule has 0 saturated heterocycles. The number of Topliss-reactive ketones (excluding diaryl/α,β-unsaturated/α-hetero) is 2. The number of carbonyl (C=O) groups excluding carboxylic acids is 3. The number of hydrogen-bond acceptors (Lipinski definition) is 9. The van der Waals surface area contributed by atoms with Crippen LogP contribution in [0.5, 0.6) is 5.75 Å². The molecule has 7 N–H and O–H groups in total. The smallest absolute Gasteiger partial charge is 0.230 e. The molecule has 10 heteroatoms. The summed E-state index contributed by atoms with van der Waals surface area (Å²) in [6.45, 7) is 1.72. The van der Waals surface area contributed by atoms with Crippen molar-refractivity contribution in [3.63, 3.8) is 0 Å². The largest absolute Gasteiger partial charge is 0.507 e. The number of benzene rings is 1. The summed E-state index contributed by atoms with van der Waals surface area (Å²) in [4.78, 5) is 41.0. The minimum Gasteiger partial charge on any atom is -0.507 e. The number of carbonyl (C=O) groups is 3. The minimum atomic E-state index is -2.93. The summed E-state index contributed by atoms with van der Waals surface area (Å²) in [6, 6.07) is 2.26. The molecule has 2 unspecified atom stereocenters. The van der Waals surface area contributed by atoms with Gasteiger partial charge in [-0.1, -0.05) is 30.7 Å². The Bertz CT molecular complexity index is 1280. The molecule has 1 amide bonds. The van der Waals surface area contributed by atoms with Gasteiger partial charge < -0.3 is 36.2 Å². The van der Waals surface area contributed by atoms with Gasteiger partial charge in [0.15, 0.2) is 11.4 Å². The highest BCUT2D eigenvalue weighted by Gasteiger charge is 2.71. The van der Waals surface area contributed by atoms with Gasteiger partial charge in [-0.05, 0) is 44.8 Å². The number of primary amides is 1. The number of likely N-dealkylation sites (N-methyl/N-ethyl adjacent to an activating group) is 1. The van der Waals surface area contributed by atoms with Crippen molar-refractivity contribution in [3.05, 3.63) is 40.0 Å². The third-order valence-electron chi connectivity index (χ3n) is 8.88. The first-order valence-electron chi connectivity index (χ1n) is 12.5. The van der Waals surface area contributed by atoms with E-state index in [2.05, 4.69) is 0 Å². The monoisotopic (exact) mass is 512 g/mol. The van der Waals surface area contributed by atoms with Crippen molar-refractivity contribution in [2.75, 3.05) is 14.1 Å². The van der Waals surface area contributed by atoms with Crippen LogP contribution in [0.4, 0.5) is 0 Å². The van der Waals surface area contributed by atoms with E-state index in [9.17, 15) is 39.9 Å². The van der Waals surface area contributed by atoms with E-state index >= 15 is 0 Å². The molecule has 0 radical (unpaired) electrons. The molecule has 0 aromatic heterocycles. The molecule has 1 aromatic rings. The molecule has 37 heavy (non-hydrogen) atoms. The van der Waals surface area contributed by atoms with E-state index in [1.165, 1.54) is 19.0 Å². The fourth-order valence-electron chi connectivity index (χ4n) is 6.85. The fourth-order valence-corrected chi connectivity index (χ4v) is 6.85. The summed E-state index contributed by atoms with van der Waals surface area (Å²) in [5.41, 5.74) is 4.18. The van der Waals surface area contributed by atoms with Gasteiger partial charge in [-0.15, -0.1) is 0 Å².